The Kier molecular flexibility index (Phi) is 5.26. The molecule has 1 N–H and O–H groups in total. The molecule has 1 aliphatic carbocycles. The summed E-state index contributed by atoms with van der Waals surface area (Å²) in [6.07, 6.45) is 4.79. The largest absolute Gasteiger partial charge is 0.445 e. The fourth-order valence-electron chi connectivity index (χ4n) is 3.06. The van der Waals surface area contributed by atoms with Crippen LogP contribution in [0.2, 0.25) is 0 Å². The Morgan fingerprint density at radius 3 is 2.90 bits per heavy atom. The quantitative estimate of drug-likeness (QED) is 0.660. The van der Waals surface area contributed by atoms with Crippen molar-refractivity contribution in [3.63, 3.8) is 0 Å². The van der Waals surface area contributed by atoms with E-state index in [-0.39, 0.29) is 18.9 Å². The fraction of sp³-hybridized carbons (Fsp3) is 0.190. The summed E-state index contributed by atoms with van der Waals surface area (Å²) in [5.41, 5.74) is 1.54. The number of benzene rings is 1. The monoisotopic (exact) mass is 414 g/mol. The Morgan fingerprint density at radius 2 is 2.17 bits per heavy atom. The van der Waals surface area contributed by atoms with Crippen LogP contribution in [-0.4, -0.2) is 20.7 Å². The molecule has 0 bridgehead atoms. The first-order chi connectivity index (χ1) is 14.4. The zero-order valence-corrected chi connectivity index (χ0v) is 15.9. The van der Waals surface area contributed by atoms with Gasteiger partial charge in [0.2, 0.25) is 17.7 Å². The minimum Gasteiger partial charge on any atom is -0.445 e. The zero-order chi connectivity index (χ0) is 21.3. The van der Waals surface area contributed by atoms with Gasteiger partial charge in [-0.2, -0.15) is 9.37 Å². The maximum absolute atomic E-state index is 13.9. The normalized spacial score (nSPS) is 16.2. The highest BCUT2D eigenvalue weighted by Crippen LogP contribution is 2.27. The standard InChI is InChI=1S/C21H17F3N4O2/c1-12-2-4-14(20-25-6-7-30-20)9-18(12)26-21-27-19(29)17(24)11-28(21)10-13-3-5-15(22)16(23)8-13/h2-4,6-9,11,15H,5,10H2,1H3,(H,26,27,29). The maximum atomic E-state index is 13.9. The summed E-state index contributed by atoms with van der Waals surface area (Å²) in [7, 11) is 0. The lowest BCUT2D eigenvalue weighted by Gasteiger charge is -2.18. The molecular weight excluding hydrogens is 397 g/mol. The highest BCUT2D eigenvalue weighted by molar-refractivity contribution is 5.67. The summed E-state index contributed by atoms with van der Waals surface area (Å²) in [4.78, 5) is 19.7. The summed E-state index contributed by atoms with van der Waals surface area (Å²) in [5.74, 6) is -1.46. The first-order valence-electron chi connectivity index (χ1n) is 9.15. The summed E-state index contributed by atoms with van der Waals surface area (Å²) in [5, 5.41) is 3.02. The van der Waals surface area contributed by atoms with E-state index < -0.39 is 23.4 Å². The third kappa shape index (κ3) is 4.05. The lowest BCUT2D eigenvalue weighted by molar-refractivity contribution is 0.324. The molecule has 2 aromatic heterocycles. The van der Waals surface area contributed by atoms with Crippen LogP contribution in [0.25, 0.3) is 11.5 Å². The first-order valence-corrected chi connectivity index (χ1v) is 9.15. The van der Waals surface area contributed by atoms with Crippen LogP contribution in [0.5, 0.6) is 0 Å². The van der Waals surface area contributed by atoms with Gasteiger partial charge in [-0.05, 0) is 36.3 Å². The Bertz CT molecular complexity index is 1200. The van der Waals surface area contributed by atoms with Crippen molar-refractivity contribution in [2.24, 2.45) is 0 Å². The third-order valence-corrected chi connectivity index (χ3v) is 4.68. The van der Waals surface area contributed by atoms with Gasteiger partial charge in [-0.25, -0.2) is 13.8 Å². The fourth-order valence-corrected chi connectivity index (χ4v) is 3.06. The molecule has 1 aliphatic rings. The molecule has 4 rings (SSSR count). The van der Waals surface area contributed by atoms with Crippen LogP contribution >= 0.6 is 0 Å². The number of nitrogens with one attached hydrogen (secondary N) is 1. The Morgan fingerprint density at radius 1 is 1.33 bits per heavy atom. The molecule has 3 aromatic rings. The average Bonchev–Trinajstić information content (AvgIpc) is 3.25. The minimum absolute atomic E-state index is 0.00511. The Hall–Kier alpha value is -3.62. The second-order valence-electron chi connectivity index (χ2n) is 6.85. The molecule has 0 radical (unpaired) electrons. The topological polar surface area (TPSA) is 73.0 Å². The van der Waals surface area contributed by atoms with Gasteiger partial charge in [0.15, 0.2) is 6.17 Å². The van der Waals surface area contributed by atoms with Gasteiger partial charge in [-0.1, -0.05) is 12.1 Å². The van der Waals surface area contributed by atoms with Crippen molar-refractivity contribution < 1.29 is 17.6 Å². The summed E-state index contributed by atoms with van der Waals surface area (Å²) < 4.78 is 47.5. The molecule has 0 fully saturated rings. The van der Waals surface area contributed by atoms with Crippen LogP contribution in [-0.2, 0) is 6.54 Å². The lowest BCUT2D eigenvalue weighted by Crippen LogP contribution is -2.20. The number of hydrogen-bond acceptors (Lipinski definition) is 5. The lowest BCUT2D eigenvalue weighted by atomic mass is 10.0. The number of aryl methyl sites for hydroxylation is 1. The van der Waals surface area contributed by atoms with Gasteiger partial charge in [0, 0.05) is 23.9 Å². The van der Waals surface area contributed by atoms with E-state index in [1.807, 2.05) is 19.1 Å². The van der Waals surface area contributed by atoms with Crippen molar-refractivity contribution in [3.05, 3.63) is 82.1 Å². The SMILES string of the molecule is Cc1ccc(-c2ncco2)cc1Nc1nc(=O)c(F)cn1CC1=CCC(F)C(F)=C1. The number of nitrogens with zero attached hydrogens (tertiary/aromatic N) is 3. The molecule has 154 valence electrons. The van der Waals surface area contributed by atoms with E-state index in [2.05, 4.69) is 15.3 Å². The molecule has 1 unspecified atom stereocenters. The van der Waals surface area contributed by atoms with Crippen molar-refractivity contribution in [2.75, 3.05) is 5.32 Å². The third-order valence-electron chi connectivity index (χ3n) is 4.68. The van der Waals surface area contributed by atoms with Crippen LogP contribution < -0.4 is 10.9 Å². The molecule has 0 spiro atoms. The van der Waals surface area contributed by atoms with E-state index in [0.29, 0.717) is 22.7 Å². The second-order valence-corrected chi connectivity index (χ2v) is 6.85. The van der Waals surface area contributed by atoms with Gasteiger partial charge in [-0.3, -0.25) is 4.79 Å². The van der Waals surface area contributed by atoms with Gasteiger partial charge in [0.05, 0.1) is 12.7 Å². The first kappa shape index (κ1) is 19.7. The van der Waals surface area contributed by atoms with Gasteiger partial charge < -0.3 is 14.3 Å². The van der Waals surface area contributed by atoms with Gasteiger partial charge in [0.1, 0.15) is 12.1 Å². The van der Waals surface area contributed by atoms with Gasteiger partial charge in [0.25, 0.3) is 0 Å². The molecule has 0 amide bonds. The van der Waals surface area contributed by atoms with E-state index in [9.17, 15) is 18.0 Å². The number of oxazole rings is 1. The van der Waals surface area contributed by atoms with E-state index in [4.69, 9.17) is 4.42 Å². The number of rotatable bonds is 5. The average molecular weight is 414 g/mol. The summed E-state index contributed by atoms with van der Waals surface area (Å²) in [6.45, 7) is 1.85. The van der Waals surface area contributed by atoms with Gasteiger partial charge >= 0.3 is 5.56 Å². The number of halogens is 3. The number of allylic oxidation sites excluding steroid dienone is 4. The molecule has 9 heteroatoms. The molecule has 30 heavy (non-hydrogen) atoms. The van der Waals surface area contributed by atoms with Crippen LogP contribution in [0.15, 0.2) is 69.6 Å². The van der Waals surface area contributed by atoms with Crippen LogP contribution in [0.1, 0.15) is 12.0 Å². The molecule has 0 saturated heterocycles. The predicted octanol–water partition coefficient (Wildman–Crippen LogP) is 4.61. The number of alkyl halides is 1. The zero-order valence-electron chi connectivity index (χ0n) is 15.9. The Balaban J connectivity index is 1.69. The van der Waals surface area contributed by atoms with Crippen LogP contribution in [0.3, 0.4) is 0 Å². The number of aromatic nitrogens is 3. The molecule has 0 saturated carbocycles. The summed E-state index contributed by atoms with van der Waals surface area (Å²) in [6, 6.07) is 5.41. The van der Waals surface area contributed by atoms with Crippen molar-refractivity contribution in [3.8, 4) is 11.5 Å². The van der Waals surface area contributed by atoms with Crippen molar-refractivity contribution in [1.82, 2.24) is 14.5 Å². The van der Waals surface area contributed by atoms with Crippen molar-refractivity contribution in [2.45, 2.75) is 26.1 Å². The van der Waals surface area contributed by atoms with E-state index >= 15 is 0 Å². The van der Waals surface area contributed by atoms with E-state index in [1.54, 1.807) is 6.07 Å². The van der Waals surface area contributed by atoms with Crippen LogP contribution in [0.4, 0.5) is 24.8 Å². The minimum atomic E-state index is -1.67. The smallest absolute Gasteiger partial charge is 0.310 e. The van der Waals surface area contributed by atoms with Crippen molar-refractivity contribution in [1.29, 1.82) is 0 Å². The highest BCUT2D eigenvalue weighted by atomic mass is 19.2. The van der Waals surface area contributed by atoms with Crippen LogP contribution in [0, 0.1) is 12.7 Å². The molecule has 1 atom stereocenters. The highest BCUT2D eigenvalue weighted by Gasteiger charge is 2.18. The predicted molar refractivity (Wildman–Crippen MR) is 105 cm³/mol. The molecule has 1 aromatic carbocycles. The van der Waals surface area contributed by atoms with Gasteiger partial charge in [-0.15, -0.1) is 0 Å². The molecular formula is C21H17F3N4O2. The Labute approximate surface area is 169 Å². The molecule has 0 aliphatic heterocycles. The van der Waals surface area contributed by atoms with E-state index in [0.717, 1.165) is 17.8 Å². The van der Waals surface area contributed by atoms with E-state index in [1.165, 1.54) is 23.1 Å². The second kappa shape index (κ2) is 8.02. The van der Waals surface area contributed by atoms with Crippen molar-refractivity contribution >= 4 is 11.6 Å². The number of anilines is 2. The molecule has 6 nitrogen and oxygen atoms in total. The molecule has 2 heterocycles. The number of hydrogen-bond donors (Lipinski definition) is 1. The summed E-state index contributed by atoms with van der Waals surface area (Å²) >= 11 is 0. The maximum Gasteiger partial charge on any atom is 0.310 e.